The van der Waals surface area contributed by atoms with Crippen LogP contribution >= 0.6 is 0 Å². The molecule has 0 aromatic rings. The number of likely N-dealkylation sites (N-methyl/N-ethyl adjacent to an activating group) is 2. The van der Waals surface area contributed by atoms with E-state index in [1.807, 2.05) is 7.05 Å². The Labute approximate surface area is 111 Å². The topological polar surface area (TPSA) is 38.7 Å². The zero-order chi connectivity index (χ0) is 13.2. The van der Waals surface area contributed by atoms with Gasteiger partial charge in [-0.2, -0.15) is 0 Å². The number of rotatable bonds is 3. The standard InChI is InChI=1S/C14H29N3O/c1-12-10-16(3)7-4-8-17(12)13-5-6-14(9-13,11-18)15-2/h12-13,15,18H,4-11H2,1-3H3. The van der Waals surface area contributed by atoms with Gasteiger partial charge in [-0.05, 0) is 59.8 Å². The Morgan fingerprint density at radius 1 is 1.39 bits per heavy atom. The molecule has 1 saturated heterocycles. The van der Waals surface area contributed by atoms with Crippen molar-refractivity contribution in [3.05, 3.63) is 0 Å². The molecule has 18 heavy (non-hydrogen) atoms. The molecular weight excluding hydrogens is 226 g/mol. The highest BCUT2D eigenvalue weighted by Gasteiger charge is 2.41. The van der Waals surface area contributed by atoms with Crippen LogP contribution in [0.15, 0.2) is 0 Å². The summed E-state index contributed by atoms with van der Waals surface area (Å²) >= 11 is 0. The first-order valence-corrected chi connectivity index (χ1v) is 7.34. The maximum atomic E-state index is 9.61. The summed E-state index contributed by atoms with van der Waals surface area (Å²) in [5, 5.41) is 13.0. The summed E-state index contributed by atoms with van der Waals surface area (Å²) in [4.78, 5) is 5.12. The molecule has 0 amide bonds. The molecule has 0 radical (unpaired) electrons. The number of hydrogen-bond donors (Lipinski definition) is 2. The smallest absolute Gasteiger partial charge is 0.0613 e. The van der Waals surface area contributed by atoms with E-state index >= 15 is 0 Å². The van der Waals surface area contributed by atoms with Gasteiger partial charge in [-0.25, -0.2) is 0 Å². The van der Waals surface area contributed by atoms with Gasteiger partial charge in [0.25, 0.3) is 0 Å². The van der Waals surface area contributed by atoms with Crippen molar-refractivity contribution in [3.8, 4) is 0 Å². The number of nitrogens with one attached hydrogen (secondary N) is 1. The number of nitrogens with zero attached hydrogens (tertiary/aromatic N) is 2. The Bertz CT molecular complexity index is 268. The molecular formula is C14H29N3O. The average molecular weight is 255 g/mol. The van der Waals surface area contributed by atoms with E-state index in [1.165, 1.54) is 32.5 Å². The van der Waals surface area contributed by atoms with Gasteiger partial charge in [-0.3, -0.25) is 4.90 Å². The van der Waals surface area contributed by atoms with Crippen LogP contribution in [0.4, 0.5) is 0 Å². The summed E-state index contributed by atoms with van der Waals surface area (Å²) in [6, 6.07) is 1.28. The normalized spacial score (nSPS) is 40.0. The predicted molar refractivity (Wildman–Crippen MR) is 74.8 cm³/mol. The summed E-state index contributed by atoms with van der Waals surface area (Å²) in [6.07, 6.45) is 4.68. The summed E-state index contributed by atoms with van der Waals surface area (Å²) in [5.74, 6) is 0. The molecule has 1 saturated carbocycles. The van der Waals surface area contributed by atoms with Crippen LogP contribution in [0.3, 0.4) is 0 Å². The van der Waals surface area contributed by atoms with Crippen molar-refractivity contribution < 1.29 is 5.11 Å². The highest BCUT2D eigenvalue weighted by Crippen LogP contribution is 2.34. The van der Waals surface area contributed by atoms with Crippen molar-refractivity contribution in [1.29, 1.82) is 0 Å². The minimum absolute atomic E-state index is 0.0252. The Hall–Kier alpha value is -0.160. The molecule has 4 heteroatoms. The van der Waals surface area contributed by atoms with E-state index in [0.717, 1.165) is 12.8 Å². The van der Waals surface area contributed by atoms with Crippen molar-refractivity contribution in [2.24, 2.45) is 0 Å². The molecule has 3 unspecified atom stereocenters. The first kappa shape index (κ1) is 14.3. The molecule has 0 bridgehead atoms. The Morgan fingerprint density at radius 3 is 2.78 bits per heavy atom. The molecule has 1 aliphatic heterocycles. The van der Waals surface area contributed by atoms with Crippen molar-refractivity contribution in [3.63, 3.8) is 0 Å². The van der Waals surface area contributed by atoms with E-state index in [9.17, 15) is 5.11 Å². The SMILES string of the molecule is CNC1(CO)CCC(N2CCCN(C)CC2C)C1. The lowest BCUT2D eigenvalue weighted by molar-refractivity contribution is 0.122. The second-order valence-electron chi connectivity index (χ2n) is 6.29. The van der Waals surface area contributed by atoms with Gasteiger partial charge >= 0.3 is 0 Å². The number of aliphatic hydroxyl groups excluding tert-OH is 1. The third-order valence-corrected chi connectivity index (χ3v) is 4.98. The zero-order valence-electron chi connectivity index (χ0n) is 12.2. The van der Waals surface area contributed by atoms with Gasteiger partial charge in [-0.1, -0.05) is 0 Å². The van der Waals surface area contributed by atoms with Crippen molar-refractivity contribution in [2.75, 3.05) is 40.3 Å². The fraction of sp³-hybridized carbons (Fsp3) is 1.00. The largest absolute Gasteiger partial charge is 0.394 e. The van der Waals surface area contributed by atoms with Crippen LogP contribution in [0.5, 0.6) is 0 Å². The summed E-state index contributed by atoms with van der Waals surface area (Å²) in [7, 11) is 4.21. The van der Waals surface area contributed by atoms with Crippen LogP contribution in [0, 0.1) is 0 Å². The highest BCUT2D eigenvalue weighted by molar-refractivity contribution is 5.00. The third-order valence-electron chi connectivity index (χ3n) is 4.98. The Morgan fingerprint density at radius 2 is 2.17 bits per heavy atom. The molecule has 2 fully saturated rings. The van der Waals surface area contributed by atoms with E-state index in [4.69, 9.17) is 0 Å². The molecule has 106 valence electrons. The van der Waals surface area contributed by atoms with E-state index < -0.39 is 0 Å². The number of hydrogen-bond acceptors (Lipinski definition) is 4. The zero-order valence-corrected chi connectivity index (χ0v) is 12.2. The third kappa shape index (κ3) is 2.87. The van der Waals surface area contributed by atoms with E-state index in [-0.39, 0.29) is 12.1 Å². The van der Waals surface area contributed by atoms with Crippen LogP contribution in [0.2, 0.25) is 0 Å². The van der Waals surface area contributed by atoms with Crippen molar-refractivity contribution >= 4 is 0 Å². The quantitative estimate of drug-likeness (QED) is 0.771. The van der Waals surface area contributed by atoms with Crippen LogP contribution in [0.1, 0.15) is 32.6 Å². The van der Waals surface area contributed by atoms with Gasteiger partial charge in [0.1, 0.15) is 0 Å². The molecule has 2 aliphatic rings. The van der Waals surface area contributed by atoms with Crippen LogP contribution in [0.25, 0.3) is 0 Å². The van der Waals surface area contributed by atoms with E-state index in [0.29, 0.717) is 12.1 Å². The predicted octanol–water partition coefficient (Wildman–Crippen LogP) is 0.515. The van der Waals surface area contributed by atoms with Gasteiger partial charge in [0.05, 0.1) is 6.61 Å². The fourth-order valence-corrected chi connectivity index (χ4v) is 3.76. The van der Waals surface area contributed by atoms with Gasteiger partial charge < -0.3 is 15.3 Å². The van der Waals surface area contributed by atoms with Gasteiger partial charge in [-0.15, -0.1) is 0 Å². The lowest BCUT2D eigenvalue weighted by atomic mass is 9.98. The second-order valence-corrected chi connectivity index (χ2v) is 6.29. The fourth-order valence-electron chi connectivity index (χ4n) is 3.76. The van der Waals surface area contributed by atoms with E-state index in [2.05, 4.69) is 29.1 Å². The van der Waals surface area contributed by atoms with Crippen molar-refractivity contribution in [2.45, 2.75) is 50.2 Å². The van der Waals surface area contributed by atoms with Crippen LogP contribution in [-0.2, 0) is 0 Å². The molecule has 3 atom stereocenters. The van der Waals surface area contributed by atoms with Crippen LogP contribution < -0.4 is 5.32 Å². The minimum atomic E-state index is -0.0252. The van der Waals surface area contributed by atoms with Crippen LogP contribution in [-0.4, -0.2) is 72.9 Å². The first-order chi connectivity index (χ1) is 8.60. The highest BCUT2D eigenvalue weighted by atomic mass is 16.3. The molecule has 1 heterocycles. The second kappa shape index (κ2) is 5.87. The lowest BCUT2D eigenvalue weighted by Gasteiger charge is -2.35. The summed E-state index contributed by atoms with van der Waals surface area (Å²) < 4.78 is 0. The molecule has 0 aromatic heterocycles. The van der Waals surface area contributed by atoms with Gasteiger partial charge in [0.15, 0.2) is 0 Å². The monoisotopic (exact) mass is 255 g/mol. The molecule has 2 rings (SSSR count). The molecule has 4 nitrogen and oxygen atoms in total. The average Bonchev–Trinajstić information content (AvgIpc) is 2.71. The first-order valence-electron chi connectivity index (χ1n) is 7.34. The molecule has 0 aromatic carbocycles. The summed E-state index contributed by atoms with van der Waals surface area (Å²) in [6.45, 7) is 6.20. The maximum absolute atomic E-state index is 9.61. The number of aliphatic hydroxyl groups is 1. The van der Waals surface area contributed by atoms with Gasteiger partial charge in [0, 0.05) is 24.2 Å². The Balaban J connectivity index is 1.99. The molecule has 0 spiro atoms. The summed E-state index contributed by atoms with van der Waals surface area (Å²) in [5.41, 5.74) is -0.0252. The maximum Gasteiger partial charge on any atom is 0.0613 e. The molecule has 1 aliphatic carbocycles. The van der Waals surface area contributed by atoms with Crippen molar-refractivity contribution in [1.82, 2.24) is 15.1 Å². The van der Waals surface area contributed by atoms with Gasteiger partial charge in [0.2, 0.25) is 0 Å². The van der Waals surface area contributed by atoms with E-state index in [1.54, 1.807) is 0 Å². The molecule has 2 N–H and O–H groups in total. The Kier molecular flexibility index (Phi) is 4.64. The minimum Gasteiger partial charge on any atom is -0.394 e. The lowest BCUT2D eigenvalue weighted by Crippen LogP contribution is -2.48.